The summed E-state index contributed by atoms with van der Waals surface area (Å²) < 4.78 is 36.4. The summed E-state index contributed by atoms with van der Waals surface area (Å²) in [5.41, 5.74) is 1.33. The third-order valence-electron chi connectivity index (χ3n) is 4.85. The molecule has 2 aliphatic heterocycles. The second kappa shape index (κ2) is 6.06. The summed E-state index contributed by atoms with van der Waals surface area (Å²) in [6.07, 6.45) is 0.375. The number of hydrogen-bond acceptors (Lipinski definition) is 2. The number of hydrogen-bond donors (Lipinski definition) is 1. The highest BCUT2D eigenvalue weighted by molar-refractivity contribution is 5.94. The second-order valence-corrected chi connectivity index (χ2v) is 6.71. The molecule has 2 bridgehead atoms. The number of nitrogens with one attached hydrogen (secondary N) is 1. The first kappa shape index (κ1) is 16.1. The first-order valence-corrected chi connectivity index (χ1v) is 8.07. The highest BCUT2D eigenvalue weighted by Gasteiger charge is 2.39. The minimum absolute atomic E-state index is 0.260. The van der Waals surface area contributed by atoms with E-state index in [4.69, 9.17) is 0 Å². The van der Waals surface area contributed by atoms with Gasteiger partial charge in [-0.15, -0.1) is 0 Å². The Morgan fingerprint density at radius 1 is 1.17 bits per heavy atom. The van der Waals surface area contributed by atoms with Crippen molar-refractivity contribution < 1.29 is 18.0 Å². The Labute approximate surface area is 133 Å². The molecule has 126 valence electrons. The van der Waals surface area contributed by atoms with Gasteiger partial charge in [-0.05, 0) is 55.9 Å². The van der Waals surface area contributed by atoms with Gasteiger partial charge < -0.3 is 10.2 Å². The Hall–Kier alpha value is -1.72. The summed E-state index contributed by atoms with van der Waals surface area (Å²) in [6, 6.07) is 8.02. The van der Waals surface area contributed by atoms with Gasteiger partial charge in [-0.3, -0.25) is 4.79 Å². The fourth-order valence-electron chi connectivity index (χ4n) is 3.94. The van der Waals surface area contributed by atoms with Crippen LogP contribution in [0.3, 0.4) is 0 Å². The van der Waals surface area contributed by atoms with E-state index >= 15 is 0 Å². The molecule has 2 fully saturated rings. The summed E-state index contributed by atoms with van der Waals surface area (Å²) in [6.45, 7) is 0.985. The molecule has 6 heteroatoms. The van der Waals surface area contributed by atoms with E-state index in [0.717, 1.165) is 11.6 Å². The van der Waals surface area contributed by atoms with Gasteiger partial charge in [0.05, 0.1) is 0 Å². The van der Waals surface area contributed by atoms with Crippen LogP contribution < -0.4 is 10.2 Å². The summed E-state index contributed by atoms with van der Waals surface area (Å²) in [4.78, 5) is 14.2. The monoisotopic (exact) mass is 326 g/mol. The predicted octanol–water partition coefficient (Wildman–Crippen LogP) is 3.75. The summed E-state index contributed by atoms with van der Waals surface area (Å²) in [7, 11) is 0. The van der Waals surface area contributed by atoms with Crippen LogP contribution in [-0.4, -0.2) is 30.7 Å². The number of alkyl halides is 3. The van der Waals surface area contributed by atoms with Gasteiger partial charge in [0, 0.05) is 23.3 Å². The number of carbonyl (C=O) groups excluding carboxylic acids is 1. The number of carbonyl (C=O) groups is 1. The molecule has 0 saturated carbocycles. The third-order valence-corrected chi connectivity index (χ3v) is 4.85. The molecule has 1 aromatic rings. The van der Waals surface area contributed by atoms with Gasteiger partial charge in [0.2, 0.25) is 0 Å². The highest BCUT2D eigenvalue weighted by Crippen LogP contribution is 2.41. The Morgan fingerprint density at radius 2 is 1.74 bits per heavy atom. The zero-order valence-electron chi connectivity index (χ0n) is 13.1. The fraction of sp³-hybridized carbons (Fsp3) is 0.588. The number of rotatable bonds is 3. The van der Waals surface area contributed by atoms with Crippen molar-refractivity contribution >= 4 is 11.6 Å². The third kappa shape index (κ3) is 3.62. The molecule has 2 atom stereocenters. The minimum Gasteiger partial charge on any atom is -0.366 e. The fourth-order valence-corrected chi connectivity index (χ4v) is 3.94. The summed E-state index contributed by atoms with van der Waals surface area (Å²) in [5, 5.41) is 1.90. The molecule has 0 aliphatic carbocycles. The van der Waals surface area contributed by atoms with Gasteiger partial charge in [-0.1, -0.05) is 6.92 Å². The van der Waals surface area contributed by atoms with Crippen LogP contribution in [-0.2, 0) is 0 Å². The van der Waals surface area contributed by atoms with Gasteiger partial charge >= 0.3 is 6.18 Å². The maximum Gasteiger partial charge on any atom is 0.405 e. The molecule has 2 saturated heterocycles. The quantitative estimate of drug-likeness (QED) is 0.917. The molecule has 1 N–H and O–H groups in total. The van der Waals surface area contributed by atoms with Crippen LogP contribution in [0.2, 0.25) is 0 Å². The number of anilines is 1. The maximum atomic E-state index is 12.1. The molecular weight excluding hydrogens is 305 g/mol. The number of nitrogens with zero attached hydrogens (tertiary/aromatic N) is 1. The molecule has 23 heavy (non-hydrogen) atoms. The van der Waals surface area contributed by atoms with E-state index in [1.54, 1.807) is 12.1 Å². The summed E-state index contributed by atoms with van der Waals surface area (Å²) in [5.74, 6) is 0.0558. The number of benzene rings is 1. The number of fused-ring (bicyclic) bond motifs is 2. The van der Waals surface area contributed by atoms with Gasteiger partial charge in [-0.25, -0.2) is 0 Å². The lowest BCUT2D eigenvalue weighted by Gasteiger charge is -2.39. The van der Waals surface area contributed by atoms with Gasteiger partial charge in [0.25, 0.3) is 5.91 Å². The smallest absolute Gasteiger partial charge is 0.366 e. The Balaban J connectivity index is 1.67. The van der Waals surface area contributed by atoms with Crippen molar-refractivity contribution in [3.63, 3.8) is 0 Å². The Kier molecular flexibility index (Phi) is 4.25. The van der Waals surface area contributed by atoms with Crippen molar-refractivity contribution in [2.45, 2.75) is 50.9 Å². The molecule has 0 spiro atoms. The minimum atomic E-state index is -4.39. The normalized spacial score (nSPS) is 27.1. The number of piperidine rings is 1. The van der Waals surface area contributed by atoms with Crippen LogP contribution >= 0.6 is 0 Å². The van der Waals surface area contributed by atoms with E-state index < -0.39 is 18.6 Å². The molecule has 1 aromatic carbocycles. The van der Waals surface area contributed by atoms with Gasteiger partial charge in [0.15, 0.2) is 0 Å². The molecular formula is C17H21F3N2O. The lowest BCUT2D eigenvalue weighted by atomic mass is 9.92. The van der Waals surface area contributed by atoms with E-state index in [9.17, 15) is 18.0 Å². The summed E-state index contributed by atoms with van der Waals surface area (Å²) >= 11 is 0. The van der Waals surface area contributed by atoms with Crippen LogP contribution in [0.15, 0.2) is 24.3 Å². The first-order chi connectivity index (χ1) is 10.8. The SMILES string of the molecule is CC1CC2CCC(C1)N2c1ccc(C(=O)NCC(F)(F)F)cc1. The predicted molar refractivity (Wildman–Crippen MR) is 82.5 cm³/mol. The molecule has 2 aliphatic rings. The van der Waals surface area contributed by atoms with E-state index in [2.05, 4.69) is 11.8 Å². The number of halogens is 3. The standard InChI is InChI=1S/C17H21F3N2O/c1-11-8-14-6-7-15(9-11)22(14)13-4-2-12(3-5-13)16(23)21-10-17(18,19)20/h2-5,11,14-15H,6-10H2,1H3,(H,21,23). The zero-order chi connectivity index (χ0) is 16.6. The van der Waals surface area contributed by atoms with Crippen molar-refractivity contribution in [3.05, 3.63) is 29.8 Å². The van der Waals surface area contributed by atoms with Gasteiger partial charge in [0.1, 0.15) is 6.54 Å². The molecule has 2 heterocycles. The molecule has 3 rings (SSSR count). The molecule has 2 unspecified atom stereocenters. The maximum absolute atomic E-state index is 12.1. The van der Waals surface area contributed by atoms with E-state index in [0.29, 0.717) is 12.1 Å². The lowest BCUT2D eigenvalue weighted by Crippen LogP contribution is -2.42. The van der Waals surface area contributed by atoms with Crippen molar-refractivity contribution in [2.24, 2.45) is 5.92 Å². The van der Waals surface area contributed by atoms with E-state index in [1.807, 2.05) is 17.4 Å². The average molecular weight is 326 g/mol. The van der Waals surface area contributed by atoms with Crippen LogP contribution in [0.4, 0.5) is 18.9 Å². The van der Waals surface area contributed by atoms with E-state index in [-0.39, 0.29) is 5.56 Å². The van der Waals surface area contributed by atoms with Crippen LogP contribution in [0, 0.1) is 5.92 Å². The van der Waals surface area contributed by atoms with Crippen LogP contribution in [0.25, 0.3) is 0 Å². The molecule has 0 aromatic heterocycles. The van der Waals surface area contributed by atoms with Crippen molar-refractivity contribution in [2.75, 3.05) is 11.4 Å². The van der Waals surface area contributed by atoms with Crippen molar-refractivity contribution in [1.29, 1.82) is 0 Å². The topological polar surface area (TPSA) is 32.3 Å². The average Bonchev–Trinajstić information content (AvgIpc) is 2.76. The molecule has 3 nitrogen and oxygen atoms in total. The Bertz CT molecular complexity index is 556. The van der Waals surface area contributed by atoms with Crippen molar-refractivity contribution in [1.82, 2.24) is 5.32 Å². The highest BCUT2D eigenvalue weighted by atomic mass is 19.4. The van der Waals surface area contributed by atoms with Crippen LogP contribution in [0.5, 0.6) is 0 Å². The first-order valence-electron chi connectivity index (χ1n) is 8.07. The van der Waals surface area contributed by atoms with Crippen LogP contribution in [0.1, 0.15) is 43.0 Å². The largest absolute Gasteiger partial charge is 0.405 e. The lowest BCUT2D eigenvalue weighted by molar-refractivity contribution is -0.123. The van der Waals surface area contributed by atoms with Gasteiger partial charge in [-0.2, -0.15) is 13.2 Å². The molecule has 0 radical (unpaired) electrons. The van der Waals surface area contributed by atoms with Crippen molar-refractivity contribution in [3.8, 4) is 0 Å². The number of amides is 1. The zero-order valence-corrected chi connectivity index (χ0v) is 13.1. The Morgan fingerprint density at radius 3 is 2.26 bits per heavy atom. The second-order valence-electron chi connectivity index (χ2n) is 6.71. The van der Waals surface area contributed by atoms with E-state index in [1.165, 1.54) is 25.7 Å². The molecule has 1 amide bonds.